The smallest absolute Gasteiger partial charge is 0.128 e. The van der Waals surface area contributed by atoms with E-state index in [0.717, 1.165) is 5.56 Å². The predicted molar refractivity (Wildman–Crippen MR) is 48.8 cm³/mol. The van der Waals surface area contributed by atoms with Crippen LogP contribution in [0.25, 0.3) is 0 Å². The highest BCUT2D eigenvalue weighted by atomic mass is 79.9. The van der Waals surface area contributed by atoms with Crippen molar-refractivity contribution >= 4 is 27.5 Å². The average molecular weight is 237 g/mol. The van der Waals surface area contributed by atoms with Crippen LogP contribution < -0.4 is 0 Å². The molecule has 0 saturated carbocycles. The summed E-state index contributed by atoms with van der Waals surface area (Å²) in [5.74, 6) is -0.252. The molecule has 0 fully saturated rings. The molecule has 0 amide bonds. The summed E-state index contributed by atoms with van der Waals surface area (Å²) in [6, 6.07) is 3.08. The molecule has 1 aromatic rings. The number of aryl methyl sites for hydroxylation is 1. The van der Waals surface area contributed by atoms with E-state index in [1.54, 1.807) is 6.07 Å². The Hall–Kier alpha value is -0.0800. The van der Waals surface area contributed by atoms with Gasteiger partial charge in [-0.15, -0.1) is 0 Å². The van der Waals surface area contributed by atoms with Crippen molar-refractivity contribution in [1.29, 1.82) is 0 Å². The molecule has 0 nitrogen and oxygen atoms in total. The second-order valence-electron chi connectivity index (χ2n) is 2.33. The zero-order valence-electron chi connectivity index (χ0n) is 6.00. The first-order valence-corrected chi connectivity index (χ1v) is 4.65. The van der Waals surface area contributed by atoms with Crippen molar-refractivity contribution in [3.8, 4) is 0 Å². The Labute approximate surface area is 78.5 Å². The van der Waals surface area contributed by atoms with Crippen molar-refractivity contribution in [1.82, 2.24) is 0 Å². The van der Waals surface area contributed by atoms with Crippen LogP contribution in [0.3, 0.4) is 0 Å². The zero-order valence-corrected chi connectivity index (χ0v) is 8.34. The lowest BCUT2D eigenvalue weighted by molar-refractivity contribution is 0.617. The molecule has 1 rings (SSSR count). The molecule has 0 aliphatic carbocycles. The molecule has 3 heteroatoms. The number of hydrogen-bond donors (Lipinski definition) is 0. The summed E-state index contributed by atoms with van der Waals surface area (Å²) in [5.41, 5.74) is 1.55. The third kappa shape index (κ3) is 1.94. The summed E-state index contributed by atoms with van der Waals surface area (Å²) in [6.45, 7) is 1.86. The van der Waals surface area contributed by atoms with Gasteiger partial charge in [0.15, 0.2) is 0 Å². The lowest BCUT2D eigenvalue weighted by Gasteiger charge is -2.01. The first-order valence-electron chi connectivity index (χ1n) is 3.15. The molecule has 0 N–H and O–H groups in total. The molecule has 0 spiro atoms. The summed E-state index contributed by atoms with van der Waals surface area (Å²) in [5, 5.41) is 1.00. The maximum atomic E-state index is 12.9. The Morgan fingerprint density at radius 3 is 2.73 bits per heavy atom. The van der Waals surface area contributed by atoms with Gasteiger partial charge in [0.1, 0.15) is 5.82 Å². The van der Waals surface area contributed by atoms with Crippen molar-refractivity contribution in [2.75, 3.05) is 0 Å². The van der Waals surface area contributed by atoms with Crippen molar-refractivity contribution in [2.24, 2.45) is 0 Å². The third-order valence-electron chi connectivity index (χ3n) is 1.47. The van der Waals surface area contributed by atoms with Crippen molar-refractivity contribution in [3.05, 3.63) is 34.1 Å². The van der Waals surface area contributed by atoms with E-state index in [0.29, 0.717) is 15.9 Å². The first-order chi connectivity index (χ1) is 5.15. The highest BCUT2D eigenvalue weighted by molar-refractivity contribution is 9.08. The molecular weight excluding hydrogens is 230 g/mol. The largest absolute Gasteiger partial charge is 0.207 e. The monoisotopic (exact) mass is 236 g/mol. The minimum atomic E-state index is -0.252. The van der Waals surface area contributed by atoms with Crippen molar-refractivity contribution < 1.29 is 4.39 Å². The van der Waals surface area contributed by atoms with E-state index in [2.05, 4.69) is 15.9 Å². The van der Waals surface area contributed by atoms with Gasteiger partial charge in [0, 0.05) is 10.4 Å². The van der Waals surface area contributed by atoms with Crippen LogP contribution in [0.1, 0.15) is 11.1 Å². The van der Waals surface area contributed by atoms with Crippen molar-refractivity contribution in [3.63, 3.8) is 0 Å². The Morgan fingerprint density at radius 2 is 2.18 bits per heavy atom. The number of hydrogen-bond acceptors (Lipinski definition) is 0. The van der Waals surface area contributed by atoms with Crippen LogP contribution in [-0.2, 0) is 5.33 Å². The lowest BCUT2D eigenvalue weighted by Crippen LogP contribution is -1.87. The third-order valence-corrected chi connectivity index (χ3v) is 2.48. The molecule has 0 aliphatic heterocycles. The van der Waals surface area contributed by atoms with Crippen LogP contribution in [0, 0.1) is 12.7 Å². The van der Waals surface area contributed by atoms with E-state index >= 15 is 0 Å². The molecule has 0 bridgehead atoms. The molecule has 11 heavy (non-hydrogen) atoms. The summed E-state index contributed by atoms with van der Waals surface area (Å²) in [4.78, 5) is 0. The van der Waals surface area contributed by atoms with Gasteiger partial charge in [-0.2, -0.15) is 0 Å². The number of halogens is 3. The van der Waals surface area contributed by atoms with Gasteiger partial charge in [-0.05, 0) is 24.1 Å². The lowest BCUT2D eigenvalue weighted by atomic mass is 10.1. The molecule has 0 atom stereocenters. The average Bonchev–Trinajstić information content (AvgIpc) is 1.97. The molecule has 0 aromatic heterocycles. The topological polar surface area (TPSA) is 0 Å². The van der Waals surface area contributed by atoms with Gasteiger partial charge < -0.3 is 0 Å². The quantitative estimate of drug-likeness (QED) is 0.654. The Balaban J connectivity index is 3.21. The van der Waals surface area contributed by atoms with Crippen LogP contribution >= 0.6 is 27.5 Å². The van der Waals surface area contributed by atoms with Crippen molar-refractivity contribution in [2.45, 2.75) is 12.3 Å². The second kappa shape index (κ2) is 3.55. The fraction of sp³-hybridized carbons (Fsp3) is 0.250. The van der Waals surface area contributed by atoms with Gasteiger partial charge in [0.05, 0.1) is 0 Å². The van der Waals surface area contributed by atoms with E-state index in [9.17, 15) is 4.39 Å². The SMILES string of the molecule is Cc1cc(CBr)c(F)cc1Cl. The maximum absolute atomic E-state index is 12.9. The van der Waals surface area contributed by atoms with Crippen LogP contribution in [0.5, 0.6) is 0 Å². The Bertz CT molecular complexity index is 273. The number of benzene rings is 1. The predicted octanol–water partition coefficient (Wildman–Crippen LogP) is 3.68. The summed E-state index contributed by atoms with van der Waals surface area (Å²) in [7, 11) is 0. The van der Waals surface area contributed by atoms with E-state index in [-0.39, 0.29) is 5.82 Å². The highest BCUT2D eigenvalue weighted by Crippen LogP contribution is 2.21. The molecule has 0 saturated heterocycles. The van der Waals surface area contributed by atoms with Gasteiger partial charge in [-0.3, -0.25) is 0 Å². The highest BCUT2D eigenvalue weighted by Gasteiger charge is 2.03. The van der Waals surface area contributed by atoms with E-state index in [1.807, 2.05) is 6.92 Å². The first kappa shape index (κ1) is 9.01. The fourth-order valence-electron chi connectivity index (χ4n) is 0.819. The fourth-order valence-corrected chi connectivity index (χ4v) is 1.40. The van der Waals surface area contributed by atoms with E-state index in [4.69, 9.17) is 11.6 Å². The summed E-state index contributed by atoms with van der Waals surface area (Å²) in [6.07, 6.45) is 0. The van der Waals surface area contributed by atoms with Gasteiger partial charge in [-0.25, -0.2) is 4.39 Å². The van der Waals surface area contributed by atoms with Crippen LogP contribution in [-0.4, -0.2) is 0 Å². The van der Waals surface area contributed by atoms with E-state index in [1.165, 1.54) is 6.07 Å². The van der Waals surface area contributed by atoms with Gasteiger partial charge in [0.25, 0.3) is 0 Å². The summed E-state index contributed by atoms with van der Waals surface area (Å²) < 4.78 is 12.9. The molecule has 1 aromatic carbocycles. The molecule has 0 radical (unpaired) electrons. The molecule has 0 unspecified atom stereocenters. The Morgan fingerprint density at radius 1 is 1.55 bits per heavy atom. The summed E-state index contributed by atoms with van der Waals surface area (Å²) >= 11 is 8.87. The number of alkyl halides is 1. The molecule has 0 aliphatic rings. The normalized spacial score (nSPS) is 10.2. The van der Waals surface area contributed by atoms with Gasteiger partial charge in [-0.1, -0.05) is 33.6 Å². The zero-order chi connectivity index (χ0) is 8.43. The second-order valence-corrected chi connectivity index (χ2v) is 3.29. The minimum absolute atomic E-state index is 0.252. The molecule has 60 valence electrons. The Kier molecular flexibility index (Phi) is 2.90. The standard InChI is InChI=1S/C8H7BrClF/c1-5-2-6(4-9)8(11)3-7(5)10/h2-3H,4H2,1H3. The van der Waals surface area contributed by atoms with E-state index < -0.39 is 0 Å². The maximum Gasteiger partial charge on any atom is 0.128 e. The molecular formula is C8H7BrClF. The van der Waals surface area contributed by atoms with Crippen LogP contribution in [0.15, 0.2) is 12.1 Å². The van der Waals surface area contributed by atoms with Gasteiger partial charge in [0.2, 0.25) is 0 Å². The van der Waals surface area contributed by atoms with Crippen LogP contribution in [0.4, 0.5) is 4.39 Å². The van der Waals surface area contributed by atoms with Crippen LogP contribution in [0.2, 0.25) is 5.02 Å². The molecule has 0 heterocycles. The van der Waals surface area contributed by atoms with Gasteiger partial charge >= 0.3 is 0 Å². The number of rotatable bonds is 1. The minimum Gasteiger partial charge on any atom is -0.207 e.